The van der Waals surface area contributed by atoms with Crippen LogP contribution in [0.3, 0.4) is 0 Å². The molecule has 0 atom stereocenters. The highest BCUT2D eigenvalue weighted by atomic mass is 16.5. The van der Waals surface area contributed by atoms with Crippen molar-refractivity contribution < 1.29 is 19.4 Å². The van der Waals surface area contributed by atoms with Crippen molar-refractivity contribution in [3.63, 3.8) is 0 Å². The Kier molecular flexibility index (Phi) is 7.09. The van der Waals surface area contributed by atoms with Crippen molar-refractivity contribution in [1.82, 2.24) is 15.3 Å². The van der Waals surface area contributed by atoms with Crippen LogP contribution in [-0.2, 0) is 16.0 Å². The largest absolute Gasteiger partial charge is 0.482 e. The molecule has 0 saturated carbocycles. The summed E-state index contributed by atoms with van der Waals surface area (Å²) in [5, 5.41) is 12.0. The Morgan fingerprint density at radius 3 is 2.39 bits per heavy atom. The lowest BCUT2D eigenvalue weighted by atomic mass is 9.86. The van der Waals surface area contributed by atoms with E-state index in [2.05, 4.69) is 15.3 Å². The number of carboxylic acids is 1. The van der Waals surface area contributed by atoms with Crippen molar-refractivity contribution in [3.05, 3.63) is 95.6 Å². The molecule has 2 N–H and O–H groups in total. The Labute approximate surface area is 192 Å². The van der Waals surface area contributed by atoms with Gasteiger partial charge in [-0.05, 0) is 59.7 Å². The summed E-state index contributed by atoms with van der Waals surface area (Å²) in [5.74, 6) is -0.517. The Bertz CT molecular complexity index is 1110. The lowest BCUT2D eigenvalue weighted by Crippen LogP contribution is -2.29. The van der Waals surface area contributed by atoms with Gasteiger partial charge in [0.1, 0.15) is 5.75 Å². The minimum atomic E-state index is -1.01. The SMILES string of the molecule is O=C(O)COc1cccc2c1CCC/C2=C\CC(=O)NC(c1cccnc1)c1cccnc1. The molecule has 7 heteroatoms. The van der Waals surface area contributed by atoms with Gasteiger partial charge in [0, 0.05) is 36.8 Å². The molecule has 1 aromatic carbocycles. The highest BCUT2D eigenvalue weighted by molar-refractivity contribution is 5.82. The van der Waals surface area contributed by atoms with E-state index in [9.17, 15) is 9.59 Å². The van der Waals surface area contributed by atoms with Crippen LogP contribution in [0.5, 0.6) is 5.75 Å². The first kappa shape index (κ1) is 22.2. The van der Waals surface area contributed by atoms with Gasteiger partial charge in [-0.15, -0.1) is 0 Å². The number of pyridine rings is 2. The molecular weight excluding hydrogens is 418 g/mol. The lowest BCUT2D eigenvalue weighted by molar-refractivity contribution is -0.139. The van der Waals surface area contributed by atoms with Crippen molar-refractivity contribution >= 4 is 17.4 Å². The number of nitrogens with zero attached hydrogens (tertiary/aromatic N) is 2. The van der Waals surface area contributed by atoms with Crippen molar-refractivity contribution in [1.29, 1.82) is 0 Å². The van der Waals surface area contributed by atoms with Gasteiger partial charge < -0.3 is 15.2 Å². The maximum absolute atomic E-state index is 12.9. The molecule has 2 aromatic heterocycles. The number of aromatic nitrogens is 2. The number of allylic oxidation sites excluding steroid dienone is 1. The number of rotatable bonds is 8. The van der Waals surface area contributed by atoms with E-state index in [1.165, 1.54) is 0 Å². The van der Waals surface area contributed by atoms with Crippen molar-refractivity contribution in [2.24, 2.45) is 0 Å². The van der Waals surface area contributed by atoms with Crippen LogP contribution >= 0.6 is 0 Å². The zero-order valence-electron chi connectivity index (χ0n) is 18.1. The van der Waals surface area contributed by atoms with Crippen LogP contribution < -0.4 is 10.1 Å². The second-order valence-electron chi connectivity index (χ2n) is 7.82. The quantitative estimate of drug-likeness (QED) is 0.547. The molecule has 0 fully saturated rings. The predicted molar refractivity (Wildman–Crippen MR) is 124 cm³/mol. The summed E-state index contributed by atoms with van der Waals surface area (Å²) >= 11 is 0. The molecule has 3 aromatic rings. The first-order valence-corrected chi connectivity index (χ1v) is 10.9. The number of carbonyl (C=O) groups is 2. The van der Waals surface area contributed by atoms with Gasteiger partial charge in [0.25, 0.3) is 0 Å². The molecule has 168 valence electrons. The van der Waals surface area contributed by atoms with Gasteiger partial charge in [0.05, 0.1) is 6.04 Å². The number of nitrogens with one attached hydrogen (secondary N) is 1. The number of carboxylic acid groups (broad SMARTS) is 1. The van der Waals surface area contributed by atoms with Crippen LogP contribution in [0.2, 0.25) is 0 Å². The number of ether oxygens (including phenoxy) is 1. The van der Waals surface area contributed by atoms with Crippen LogP contribution in [-0.4, -0.2) is 33.6 Å². The van der Waals surface area contributed by atoms with Gasteiger partial charge >= 0.3 is 5.97 Å². The Morgan fingerprint density at radius 2 is 1.76 bits per heavy atom. The third-order valence-corrected chi connectivity index (χ3v) is 5.58. The number of aliphatic carboxylic acids is 1. The van der Waals surface area contributed by atoms with E-state index in [-0.39, 0.29) is 25.0 Å². The van der Waals surface area contributed by atoms with E-state index in [1.807, 2.05) is 42.5 Å². The molecule has 2 heterocycles. The maximum atomic E-state index is 12.9. The third kappa shape index (κ3) is 5.63. The first-order valence-electron chi connectivity index (χ1n) is 10.9. The number of hydrogen-bond acceptors (Lipinski definition) is 5. The third-order valence-electron chi connectivity index (χ3n) is 5.58. The monoisotopic (exact) mass is 443 g/mol. The van der Waals surface area contributed by atoms with Crippen LogP contribution in [0.1, 0.15) is 47.6 Å². The molecule has 1 aliphatic rings. The predicted octanol–water partition coefficient (Wildman–Crippen LogP) is 3.96. The second kappa shape index (κ2) is 10.5. The van der Waals surface area contributed by atoms with E-state index >= 15 is 0 Å². The Balaban J connectivity index is 1.51. The summed E-state index contributed by atoms with van der Waals surface area (Å²) in [6.07, 6.45) is 11.7. The summed E-state index contributed by atoms with van der Waals surface area (Å²) in [6.45, 7) is -0.373. The van der Waals surface area contributed by atoms with Gasteiger partial charge in [0.15, 0.2) is 6.61 Å². The fraction of sp³-hybridized carbons (Fsp3) is 0.231. The molecule has 33 heavy (non-hydrogen) atoms. The molecule has 1 amide bonds. The van der Waals surface area contributed by atoms with Gasteiger partial charge in [-0.3, -0.25) is 14.8 Å². The zero-order chi connectivity index (χ0) is 23.0. The number of hydrogen-bond donors (Lipinski definition) is 2. The Hall–Kier alpha value is -4.00. The zero-order valence-corrected chi connectivity index (χ0v) is 18.1. The van der Waals surface area contributed by atoms with Crippen molar-refractivity contribution in [2.45, 2.75) is 31.7 Å². The van der Waals surface area contributed by atoms with Crippen molar-refractivity contribution in [2.75, 3.05) is 6.61 Å². The molecule has 0 saturated heterocycles. The molecule has 0 spiro atoms. The summed E-state index contributed by atoms with van der Waals surface area (Å²) in [6, 6.07) is 12.9. The number of fused-ring (bicyclic) bond motifs is 1. The second-order valence-corrected chi connectivity index (χ2v) is 7.82. The molecule has 0 radical (unpaired) electrons. The minimum Gasteiger partial charge on any atom is -0.482 e. The van der Waals surface area contributed by atoms with E-state index in [0.717, 1.165) is 47.1 Å². The average Bonchev–Trinajstić information content (AvgIpc) is 2.85. The molecule has 4 rings (SSSR count). The van der Waals surface area contributed by atoms with Crippen LogP contribution in [0, 0.1) is 0 Å². The normalized spacial score (nSPS) is 14.0. The topological polar surface area (TPSA) is 101 Å². The van der Waals surface area contributed by atoms with E-state index in [1.54, 1.807) is 30.9 Å². The average molecular weight is 444 g/mol. The highest BCUT2D eigenvalue weighted by Gasteiger charge is 2.20. The van der Waals surface area contributed by atoms with Crippen LogP contribution in [0.4, 0.5) is 0 Å². The van der Waals surface area contributed by atoms with Crippen LogP contribution in [0.15, 0.2) is 73.3 Å². The molecule has 0 aliphatic heterocycles. The summed E-state index contributed by atoms with van der Waals surface area (Å²) < 4.78 is 5.47. The fourth-order valence-electron chi connectivity index (χ4n) is 4.09. The molecule has 7 nitrogen and oxygen atoms in total. The van der Waals surface area contributed by atoms with Crippen molar-refractivity contribution in [3.8, 4) is 5.75 Å². The summed E-state index contributed by atoms with van der Waals surface area (Å²) in [5.41, 5.74) is 4.87. The molecule has 0 unspecified atom stereocenters. The van der Waals surface area contributed by atoms with Gasteiger partial charge in [-0.1, -0.05) is 30.3 Å². The lowest BCUT2D eigenvalue weighted by Gasteiger charge is -2.22. The number of benzene rings is 1. The van der Waals surface area contributed by atoms with Gasteiger partial charge in [-0.2, -0.15) is 0 Å². The first-order chi connectivity index (χ1) is 16.1. The van der Waals surface area contributed by atoms with Crippen LogP contribution in [0.25, 0.3) is 5.57 Å². The number of amides is 1. The molecule has 0 bridgehead atoms. The Morgan fingerprint density at radius 1 is 1.03 bits per heavy atom. The molecule has 1 aliphatic carbocycles. The number of carbonyl (C=O) groups excluding carboxylic acids is 1. The fourth-order valence-corrected chi connectivity index (χ4v) is 4.09. The van der Waals surface area contributed by atoms with Gasteiger partial charge in [0.2, 0.25) is 5.91 Å². The van der Waals surface area contributed by atoms with E-state index < -0.39 is 5.97 Å². The standard InChI is InChI=1S/C26H25N3O4/c30-24(29-26(19-6-3-13-27-15-19)20-7-4-14-28-16-20)12-11-18-5-1-9-22-21(18)8-2-10-23(22)33-17-25(31)32/h2-4,6-8,10-11,13-16,26H,1,5,9,12,17H2,(H,29,30)(H,31,32)/b18-11+. The maximum Gasteiger partial charge on any atom is 0.341 e. The minimum absolute atomic E-state index is 0.106. The van der Waals surface area contributed by atoms with Gasteiger partial charge in [-0.25, -0.2) is 4.79 Å². The molecular formula is C26H25N3O4. The smallest absolute Gasteiger partial charge is 0.341 e. The summed E-state index contributed by atoms with van der Waals surface area (Å²) in [7, 11) is 0. The highest BCUT2D eigenvalue weighted by Crippen LogP contribution is 2.36. The van der Waals surface area contributed by atoms with E-state index in [0.29, 0.717) is 5.75 Å². The summed E-state index contributed by atoms with van der Waals surface area (Å²) in [4.78, 5) is 32.2. The van der Waals surface area contributed by atoms with E-state index in [4.69, 9.17) is 9.84 Å².